The Bertz CT molecular complexity index is 993. The van der Waals surface area contributed by atoms with Crippen molar-refractivity contribution >= 4 is 42.8 Å². The molecule has 1 N–H and O–H groups in total. The fourth-order valence-electron chi connectivity index (χ4n) is 3.40. The molecule has 8 heteroatoms. The Morgan fingerprint density at radius 3 is 2.68 bits per heavy atom. The van der Waals surface area contributed by atoms with Gasteiger partial charge < -0.3 is 19.4 Å². The molecule has 0 bridgehead atoms. The van der Waals surface area contributed by atoms with Gasteiger partial charge in [-0.1, -0.05) is 5.82 Å². The number of ether oxygens (including phenoxy) is 2. The van der Waals surface area contributed by atoms with Crippen LogP contribution in [0.3, 0.4) is 0 Å². The van der Waals surface area contributed by atoms with Gasteiger partial charge in [-0.3, -0.25) is 4.79 Å². The van der Waals surface area contributed by atoms with Crippen molar-refractivity contribution in [2.24, 2.45) is 18.0 Å². The van der Waals surface area contributed by atoms with E-state index in [1.165, 1.54) is 0 Å². The van der Waals surface area contributed by atoms with E-state index < -0.39 is 0 Å². The maximum absolute atomic E-state index is 12.2. The monoisotopic (exact) mass is 380 g/mol. The van der Waals surface area contributed by atoms with E-state index in [0.717, 1.165) is 23.0 Å². The van der Waals surface area contributed by atoms with Gasteiger partial charge in [0.2, 0.25) is 11.8 Å². The van der Waals surface area contributed by atoms with E-state index in [4.69, 9.17) is 9.47 Å². The highest BCUT2D eigenvalue weighted by Crippen LogP contribution is 2.42. The van der Waals surface area contributed by atoms with Crippen molar-refractivity contribution in [2.45, 2.75) is 19.2 Å². The Balaban J connectivity index is 2.06. The number of hydrogen-bond donors (Lipinski definition) is 1. The van der Waals surface area contributed by atoms with Gasteiger partial charge in [0, 0.05) is 18.4 Å². The number of carbonyl (C=O) groups is 1. The molecule has 1 saturated carbocycles. The summed E-state index contributed by atoms with van der Waals surface area (Å²) in [6, 6.07) is 3.87. The number of nitrogens with zero attached hydrogens (tertiary/aromatic N) is 3. The van der Waals surface area contributed by atoms with Crippen LogP contribution in [0.15, 0.2) is 41.0 Å². The van der Waals surface area contributed by atoms with E-state index in [-0.39, 0.29) is 11.8 Å². The van der Waals surface area contributed by atoms with E-state index in [1.807, 2.05) is 36.7 Å². The summed E-state index contributed by atoms with van der Waals surface area (Å²) in [5, 5.41) is 3.85. The third-order valence-electron chi connectivity index (χ3n) is 5.16. The number of fused-ring (bicyclic) bond motifs is 1. The predicted octanol–water partition coefficient (Wildman–Crippen LogP) is 2.52. The molecule has 0 aliphatic heterocycles. The second-order valence-corrected chi connectivity index (χ2v) is 6.93. The van der Waals surface area contributed by atoms with Crippen LogP contribution in [0, 0.1) is 5.92 Å². The number of aliphatic imine (C=N–C) groups is 1. The highest BCUT2D eigenvalue weighted by atomic mass is 16.5. The van der Waals surface area contributed by atoms with Crippen molar-refractivity contribution < 1.29 is 14.3 Å². The van der Waals surface area contributed by atoms with Gasteiger partial charge in [-0.05, 0) is 38.3 Å². The minimum Gasteiger partial charge on any atom is -0.496 e. The zero-order valence-corrected chi connectivity index (χ0v) is 16.9. The van der Waals surface area contributed by atoms with Gasteiger partial charge in [0.05, 0.1) is 31.6 Å². The van der Waals surface area contributed by atoms with Crippen LogP contribution in [0.2, 0.25) is 5.82 Å². The zero-order valence-electron chi connectivity index (χ0n) is 16.9. The van der Waals surface area contributed by atoms with Crippen molar-refractivity contribution in [3.63, 3.8) is 0 Å². The summed E-state index contributed by atoms with van der Waals surface area (Å²) in [4.78, 5) is 20.6. The lowest BCUT2D eigenvalue weighted by Gasteiger charge is -2.14. The summed E-state index contributed by atoms with van der Waals surface area (Å²) in [5.41, 5.74) is 2.45. The van der Waals surface area contributed by atoms with Crippen LogP contribution in [-0.4, -0.2) is 44.2 Å². The maximum Gasteiger partial charge on any atom is 0.228 e. The number of methoxy groups -OCH3 is 2. The Morgan fingerprint density at radius 2 is 2.14 bits per heavy atom. The molecule has 0 radical (unpaired) electrons. The first-order chi connectivity index (χ1) is 13.4. The van der Waals surface area contributed by atoms with Crippen molar-refractivity contribution in [3.8, 4) is 0 Å². The Labute approximate surface area is 165 Å². The zero-order chi connectivity index (χ0) is 20.4. The molecule has 1 fully saturated rings. The number of hydrogen-bond acceptors (Lipinski definition) is 5. The summed E-state index contributed by atoms with van der Waals surface area (Å²) < 4.78 is 12.9. The average molecular weight is 380 g/mol. The van der Waals surface area contributed by atoms with E-state index in [9.17, 15) is 4.79 Å². The largest absolute Gasteiger partial charge is 0.496 e. The van der Waals surface area contributed by atoms with Gasteiger partial charge in [0.15, 0.2) is 0 Å². The number of amides is 1. The highest BCUT2D eigenvalue weighted by molar-refractivity contribution is 6.17. The van der Waals surface area contributed by atoms with Crippen molar-refractivity contribution in [2.75, 3.05) is 19.5 Å². The molecule has 1 amide bonds. The quantitative estimate of drug-likeness (QED) is 0.347. The van der Waals surface area contributed by atoms with Crippen molar-refractivity contribution in [1.82, 2.24) is 9.55 Å². The number of carbonyl (C=O) groups excluding carboxylic acids is 1. The number of nitrogens with one attached hydrogen (secondary N) is 1. The topological polar surface area (TPSA) is 77.7 Å². The first kappa shape index (κ1) is 19.7. The molecule has 1 aliphatic carbocycles. The lowest BCUT2D eigenvalue weighted by molar-refractivity contribution is -0.117. The van der Waals surface area contributed by atoms with Crippen LogP contribution in [-0.2, 0) is 21.3 Å². The third kappa shape index (κ3) is 3.54. The van der Waals surface area contributed by atoms with Crippen LogP contribution < -0.4 is 5.32 Å². The van der Waals surface area contributed by atoms with E-state index in [1.54, 1.807) is 20.4 Å². The number of anilines is 1. The van der Waals surface area contributed by atoms with Crippen molar-refractivity contribution in [3.05, 3.63) is 41.7 Å². The second kappa shape index (κ2) is 7.92. The first-order valence-corrected chi connectivity index (χ1v) is 9.17. The predicted molar refractivity (Wildman–Crippen MR) is 114 cm³/mol. The second-order valence-electron chi connectivity index (χ2n) is 6.93. The lowest BCUT2D eigenvalue weighted by Crippen LogP contribution is -2.15. The van der Waals surface area contributed by atoms with Crippen LogP contribution >= 0.6 is 0 Å². The van der Waals surface area contributed by atoms with Crippen LogP contribution in [0.1, 0.15) is 19.0 Å². The Hall–Kier alpha value is -3.03. The third-order valence-corrected chi connectivity index (χ3v) is 5.16. The van der Waals surface area contributed by atoms with Gasteiger partial charge in [-0.15, -0.1) is 0 Å². The van der Waals surface area contributed by atoms with Crippen molar-refractivity contribution in [1.29, 1.82) is 0 Å². The van der Waals surface area contributed by atoms with Gasteiger partial charge in [-0.2, -0.15) is 0 Å². The molecule has 146 valence electrons. The molecule has 0 spiro atoms. The number of aryl methyl sites for hydroxylation is 1. The highest BCUT2D eigenvalue weighted by Gasteiger charge is 2.38. The molecule has 2 aromatic rings. The number of aromatic nitrogens is 2. The smallest absolute Gasteiger partial charge is 0.228 e. The molecule has 0 unspecified atom stereocenters. The number of allylic oxidation sites excluding steroid dienone is 2. The fraction of sp³-hybridized carbons (Fsp3) is 0.350. The first-order valence-electron chi connectivity index (χ1n) is 9.17. The maximum atomic E-state index is 12.2. The number of pyridine rings is 1. The SMILES string of the molecule is B[C@H]1C[C@H]1C(=O)Nc1cc2cc(C(/C(=C\C)OC)=C(/N=C)OC)n(C)c2cn1. The van der Waals surface area contributed by atoms with E-state index in [0.29, 0.717) is 28.9 Å². The molecular weight excluding hydrogens is 355 g/mol. The Morgan fingerprint density at radius 1 is 1.43 bits per heavy atom. The van der Waals surface area contributed by atoms with Gasteiger partial charge in [0.25, 0.3) is 0 Å². The average Bonchev–Trinajstić information content (AvgIpc) is 3.34. The summed E-state index contributed by atoms with van der Waals surface area (Å²) in [6.07, 6.45) is 4.53. The molecule has 2 aromatic heterocycles. The summed E-state index contributed by atoms with van der Waals surface area (Å²) in [6.45, 7) is 5.48. The van der Waals surface area contributed by atoms with Crippen LogP contribution in [0.25, 0.3) is 16.5 Å². The summed E-state index contributed by atoms with van der Waals surface area (Å²) in [5.74, 6) is 2.12. The van der Waals surface area contributed by atoms with Gasteiger partial charge >= 0.3 is 0 Å². The molecule has 28 heavy (non-hydrogen) atoms. The normalized spacial score (nSPS) is 19.8. The summed E-state index contributed by atoms with van der Waals surface area (Å²) in [7, 11) is 7.16. The lowest BCUT2D eigenvalue weighted by atomic mass is 10.0. The molecule has 7 nitrogen and oxygen atoms in total. The van der Waals surface area contributed by atoms with Crippen LogP contribution in [0.4, 0.5) is 5.82 Å². The minimum atomic E-state index is 0.0317. The Kier molecular flexibility index (Phi) is 5.58. The van der Waals surface area contributed by atoms with E-state index in [2.05, 4.69) is 29.9 Å². The van der Waals surface area contributed by atoms with Gasteiger partial charge in [-0.25, -0.2) is 9.98 Å². The molecule has 2 heterocycles. The van der Waals surface area contributed by atoms with Gasteiger partial charge in [0.1, 0.15) is 25.0 Å². The summed E-state index contributed by atoms with van der Waals surface area (Å²) >= 11 is 0. The molecular formula is C20H25BN4O3. The molecule has 2 atom stereocenters. The molecule has 3 rings (SSSR count). The van der Waals surface area contributed by atoms with Crippen LogP contribution in [0.5, 0.6) is 0 Å². The molecule has 0 aromatic carbocycles. The van der Waals surface area contributed by atoms with E-state index >= 15 is 0 Å². The minimum absolute atomic E-state index is 0.0317. The molecule has 1 aliphatic rings. The fourth-order valence-corrected chi connectivity index (χ4v) is 3.40. The molecule has 0 saturated heterocycles. The standard InChI is InChI=1S/C20H25BN4O3/c1-6-16(27-4)18(20(22-2)28-5)14-7-11-8-17(23-10-15(11)25(14)3)24-19(26)12-9-13(12)21/h6-8,10,12-13H,2,9,21H2,1,3-5H3,(H,23,24,26)/b16-6+,20-18+/t12-,13+/m1/s1. The number of rotatable bonds is 7.